The van der Waals surface area contributed by atoms with Crippen molar-refractivity contribution in [1.82, 2.24) is 15.0 Å². The molecule has 0 radical (unpaired) electrons. The van der Waals surface area contributed by atoms with Gasteiger partial charge in [0.2, 0.25) is 5.95 Å². The minimum atomic E-state index is -4.55. The first kappa shape index (κ1) is 20.9. The molecule has 0 aliphatic rings. The Bertz CT molecular complexity index is 1230. The number of nitrogens with zero attached hydrogens (tertiary/aromatic N) is 3. The highest BCUT2D eigenvalue weighted by Gasteiger charge is 2.32. The average Bonchev–Trinajstić information content (AvgIpc) is 2.75. The molecule has 0 saturated heterocycles. The number of nitrogens with two attached hydrogens (primary N) is 2. The Morgan fingerprint density at radius 3 is 2.22 bits per heavy atom. The zero-order chi connectivity index (χ0) is 22.7. The SMILES string of the molecule is Nc1ccc(-c2cc(N)nc(Nc3ccc(Oc4ccnc(C(F)(F)F)c4)cc3)n2)cc1. The number of hydrogen-bond donors (Lipinski definition) is 3. The molecule has 4 rings (SSSR count). The molecule has 32 heavy (non-hydrogen) atoms. The van der Waals surface area contributed by atoms with E-state index < -0.39 is 11.9 Å². The van der Waals surface area contributed by atoms with Crippen LogP contribution in [0.3, 0.4) is 0 Å². The molecule has 5 N–H and O–H groups in total. The highest BCUT2D eigenvalue weighted by molar-refractivity contribution is 5.67. The van der Waals surface area contributed by atoms with Crippen LogP contribution in [0.2, 0.25) is 0 Å². The maximum absolute atomic E-state index is 12.8. The highest BCUT2D eigenvalue weighted by Crippen LogP contribution is 2.31. The first-order chi connectivity index (χ1) is 15.3. The van der Waals surface area contributed by atoms with Gasteiger partial charge in [-0.15, -0.1) is 0 Å². The van der Waals surface area contributed by atoms with E-state index in [0.29, 0.717) is 22.8 Å². The van der Waals surface area contributed by atoms with E-state index in [9.17, 15) is 13.2 Å². The molecule has 0 aliphatic carbocycles. The van der Waals surface area contributed by atoms with Crippen molar-refractivity contribution >= 4 is 23.1 Å². The monoisotopic (exact) mass is 438 g/mol. The highest BCUT2D eigenvalue weighted by atomic mass is 19.4. The molecule has 2 aromatic carbocycles. The standard InChI is InChI=1S/C22H17F3N6O/c23-22(24,25)19-11-17(9-10-28-19)32-16-7-5-15(6-8-16)29-21-30-18(12-20(27)31-21)13-1-3-14(26)4-2-13/h1-12H,26H2,(H3,27,29,30,31). The van der Waals surface area contributed by atoms with Gasteiger partial charge < -0.3 is 21.5 Å². The minimum absolute atomic E-state index is 0.0281. The Morgan fingerprint density at radius 1 is 0.812 bits per heavy atom. The normalized spacial score (nSPS) is 11.2. The van der Waals surface area contributed by atoms with Crippen molar-refractivity contribution in [3.8, 4) is 22.8 Å². The lowest BCUT2D eigenvalue weighted by Gasteiger charge is -2.11. The number of nitrogen functional groups attached to an aromatic ring is 2. The van der Waals surface area contributed by atoms with Gasteiger partial charge >= 0.3 is 6.18 Å². The summed E-state index contributed by atoms with van der Waals surface area (Å²) in [5, 5.41) is 3.05. The zero-order valence-corrected chi connectivity index (χ0v) is 16.5. The van der Waals surface area contributed by atoms with Crippen molar-refractivity contribution < 1.29 is 17.9 Å². The lowest BCUT2D eigenvalue weighted by molar-refractivity contribution is -0.141. The van der Waals surface area contributed by atoms with Crippen LogP contribution in [-0.2, 0) is 6.18 Å². The molecular formula is C22H17F3N6O. The largest absolute Gasteiger partial charge is 0.457 e. The molecule has 7 nitrogen and oxygen atoms in total. The molecule has 0 fully saturated rings. The van der Waals surface area contributed by atoms with E-state index in [1.165, 1.54) is 6.07 Å². The van der Waals surface area contributed by atoms with Crippen molar-refractivity contribution in [3.63, 3.8) is 0 Å². The van der Waals surface area contributed by atoms with E-state index in [-0.39, 0.29) is 17.5 Å². The summed E-state index contributed by atoms with van der Waals surface area (Å²) in [5.74, 6) is 0.952. The Kier molecular flexibility index (Phi) is 5.50. The van der Waals surface area contributed by atoms with Crippen LogP contribution in [0.25, 0.3) is 11.3 Å². The number of hydrogen-bond acceptors (Lipinski definition) is 7. The third-order valence-corrected chi connectivity index (χ3v) is 4.32. The second-order valence-electron chi connectivity index (χ2n) is 6.75. The fourth-order valence-corrected chi connectivity index (χ4v) is 2.82. The van der Waals surface area contributed by atoms with Gasteiger partial charge in [-0.25, -0.2) is 4.98 Å². The van der Waals surface area contributed by atoms with Crippen LogP contribution in [0.15, 0.2) is 72.9 Å². The summed E-state index contributed by atoms with van der Waals surface area (Å²) in [6, 6.07) is 17.6. The molecule has 0 aliphatic heterocycles. The van der Waals surface area contributed by atoms with Crippen molar-refractivity contribution in [2.24, 2.45) is 0 Å². The fourth-order valence-electron chi connectivity index (χ4n) is 2.82. The van der Waals surface area contributed by atoms with Gasteiger partial charge in [0, 0.05) is 35.3 Å². The molecule has 0 spiro atoms. The van der Waals surface area contributed by atoms with Gasteiger partial charge in [-0.1, -0.05) is 12.1 Å². The summed E-state index contributed by atoms with van der Waals surface area (Å²) in [4.78, 5) is 12.0. The third-order valence-electron chi connectivity index (χ3n) is 4.32. The number of rotatable bonds is 5. The van der Waals surface area contributed by atoms with Crippen molar-refractivity contribution in [2.75, 3.05) is 16.8 Å². The first-order valence-corrected chi connectivity index (χ1v) is 9.35. The van der Waals surface area contributed by atoms with E-state index >= 15 is 0 Å². The lowest BCUT2D eigenvalue weighted by atomic mass is 10.1. The number of pyridine rings is 1. The second kappa shape index (κ2) is 8.42. The zero-order valence-electron chi connectivity index (χ0n) is 16.5. The third kappa shape index (κ3) is 5.04. The fraction of sp³-hybridized carbons (Fsp3) is 0.0455. The van der Waals surface area contributed by atoms with Gasteiger partial charge in [0.05, 0.1) is 5.69 Å². The van der Waals surface area contributed by atoms with Crippen molar-refractivity contribution in [2.45, 2.75) is 6.18 Å². The quantitative estimate of drug-likeness (QED) is 0.365. The lowest BCUT2D eigenvalue weighted by Crippen LogP contribution is -2.07. The van der Waals surface area contributed by atoms with Gasteiger partial charge in [-0.3, -0.25) is 4.98 Å². The number of alkyl halides is 3. The summed E-state index contributed by atoms with van der Waals surface area (Å²) >= 11 is 0. The van der Waals surface area contributed by atoms with Crippen LogP contribution in [0.4, 0.5) is 36.3 Å². The van der Waals surface area contributed by atoms with Crippen LogP contribution in [0.1, 0.15) is 5.69 Å². The predicted molar refractivity (Wildman–Crippen MR) is 115 cm³/mol. The van der Waals surface area contributed by atoms with Crippen LogP contribution in [0.5, 0.6) is 11.5 Å². The Hall–Kier alpha value is -4.34. The molecule has 0 amide bonds. The van der Waals surface area contributed by atoms with Gasteiger partial charge in [-0.2, -0.15) is 18.2 Å². The predicted octanol–water partition coefficient (Wildman–Crippen LogP) is 5.26. The van der Waals surface area contributed by atoms with E-state index in [0.717, 1.165) is 17.8 Å². The maximum Gasteiger partial charge on any atom is 0.433 e. The van der Waals surface area contributed by atoms with Gasteiger partial charge in [0.15, 0.2) is 0 Å². The molecule has 162 valence electrons. The number of ether oxygens (including phenoxy) is 1. The summed E-state index contributed by atoms with van der Waals surface area (Å²) in [6.45, 7) is 0. The summed E-state index contributed by atoms with van der Waals surface area (Å²) in [5.41, 5.74) is 13.3. The second-order valence-corrected chi connectivity index (χ2v) is 6.75. The molecule has 10 heteroatoms. The summed E-state index contributed by atoms with van der Waals surface area (Å²) < 4.78 is 43.9. The van der Waals surface area contributed by atoms with Crippen LogP contribution >= 0.6 is 0 Å². The molecule has 2 heterocycles. The molecular weight excluding hydrogens is 421 g/mol. The van der Waals surface area contributed by atoms with Gasteiger partial charge in [-0.05, 0) is 42.5 Å². The molecule has 0 bridgehead atoms. The topological polar surface area (TPSA) is 112 Å². The summed E-state index contributed by atoms with van der Waals surface area (Å²) in [6.07, 6.45) is -3.50. The minimum Gasteiger partial charge on any atom is -0.457 e. The van der Waals surface area contributed by atoms with Crippen molar-refractivity contribution in [3.05, 3.63) is 78.6 Å². The number of benzene rings is 2. The molecule has 2 aromatic heterocycles. The number of aromatic nitrogens is 3. The van der Waals surface area contributed by atoms with E-state index in [2.05, 4.69) is 20.3 Å². The van der Waals surface area contributed by atoms with E-state index in [1.807, 2.05) is 12.1 Å². The molecule has 0 saturated carbocycles. The van der Waals surface area contributed by atoms with Gasteiger partial charge in [0.1, 0.15) is 23.0 Å². The summed E-state index contributed by atoms with van der Waals surface area (Å²) in [7, 11) is 0. The van der Waals surface area contributed by atoms with Crippen molar-refractivity contribution in [1.29, 1.82) is 0 Å². The Balaban J connectivity index is 1.49. The molecule has 0 atom stereocenters. The van der Waals surface area contributed by atoms with E-state index in [4.69, 9.17) is 16.2 Å². The molecule has 4 aromatic rings. The first-order valence-electron chi connectivity index (χ1n) is 9.35. The van der Waals surface area contributed by atoms with Gasteiger partial charge in [0.25, 0.3) is 0 Å². The van der Waals surface area contributed by atoms with E-state index in [1.54, 1.807) is 42.5 Å². The van der Waals surface area contributed by atoms with Crippen LogP contribution in [-0.4, -0.2) is 15.0 Å². The smallest absolute Gasteiger partial charge is 0.433 e. The molecule has 0 unspecified atom stereocenters. The maximum atomic E-state index is 12.8. The number of halogens is 3. The Morgan fingerprint density at radius 2 is 1.53 bits per heavy atom. The average molecular weight is 438 g/mol. The van der Waals surface area contributed by atoms with Crippen LogP contribution in [0, 0.1) is 0 Å². The van der Waals surface area contributed by atoms with Crippen LogP contribution < -0.4 is 21.5 Å². The Labute approximate surface area is 180 Å². The number of nitrogens with one attached hydrogen (secondary N) is 1. The number of anilines is 4.